The molecule has 1 aliphatic rings. The Hall–Kier alpha value is -2.22. The van der Waals surface area contributed by atoms with E-state index >= 15 is 0 Å². The number of anilines is 1. The van der Waals surface area contributed by atoms with E-state index in [0.29, 0.717) is 18.7 Å². The van der Waals surface area contributed by atoms with E-state index in [1.807, 2.05) is 39.0 Å². The van der Waals surface area contributed by atoms with Crippen molar-refractivity contribution in [3.63, 3.8) is 0 Å². The van der Waals surface area contributed by atoms with Crippen LogP contribution in [-0.2, 0) is 4.74 Å². The lowest BCUT2D eigenvalue weighted by Crippen LogP contribution is -2.58. The Morgan fingerprint density at radius 2 is 2.05 bits per heavy atom. The van der Waals surface area contributed by atoms with E-state index in [4.69, 9.17) is 10.00 Å². The number of ether oxygens (including phenoxy) is 1. The fraction of sp³-hybridized carbons (Fsp3) is 0.467. The van der Waals surface area contributed by atoms with Crippen molar-refractivity contribution >= 4 is 11.8 Å². The van der Waals surface area contributed by atoms with Crippen LogP contribution in [0.2, 0.25) is 0 Å². The topological polar surface area (TPSA) is 65.4 Å². The molecule has 0 aliphatic carbocycles. The minimum atomic E-state index is -0.469. The number of nitrogens with zero attached hydrogens (tertiary/aromatic N) is 2. The van der Waals surface area contributed by atoms with Gasteiger partial charge in [-0.25, -0.2) is 4.79 Å². The van der Waals surface area contributed by atoms with Crippen LogP contribution < -0.4 is 5.32 Å². The van der Waals surface area contributed by atoms with E-state index in [1.54, 1.807) is 11.0 Å². The van der Waals surface area contributed by atoms with Crippen LogP contribution in [0.5, 0.6) is 0 Å². The van der Waals surface area contributed by atoms with Gasteiger partial charge in [-0.3, -0.25) is 0 Å². The number of rotatable bonds is 2. The van der Waals surface area contributed by atoms with Crippen molar-refractivity contribution in [3.05, 3.63) is 29.8 Å². The molecule has 1 aromatic carbocycles. The number of carbonyl (C=O) groups is 1. The van der Waals surface area contributed by atoms with Crippen LogP contribution in [-0.4, -0.2) is 35.7 Å². The molecule has 0 atom stereocenters. The molecule has 1 aromatic rings. The summed E-state index contributed by atoms with van der Waals surface area (Å²) in [4.78, 5) is 13.4. The summed E-state index contributed by atoms with van der Waals surface area (Å²) in [5.74, 6) is 0. The highest BCUT2D eigenvalue weighted by Gasteiger charge is 2.33. The molecule has 1 saturated heterocycles. The van der Waals surface area contributed by atoms with E-state index in [1.165, 1.54) is 0 Å². The van der Waals surface area contributed by atoms with E-state index in [0.717, 1.165) is 5.69 Å². The zero-order chi connectivity index (χ0) is 14.8. The number of para-hydroxylation sites is 1. The molecule has 0 saturated carbocycles. The van der Waals surface area contributed by atoms with Crippen LogP contribution in [0.3, 0.4) is 0 Å². The predicted molar refractivity (Wildman–Crippen MR) is 76.4 cm³/mol. The summed E-state index contributed by atoms with van der Waals surface area (Å²) < 4.78 is 5.29. The lowest BCUT2D eigenvalue weighted by atomic mass is 10.1. The van der Waals surface area contributed by atoms with Crippen LogP contribution in [0.4, 0.5) is 10.5 Å². The molecule has 0 aromatic heterocycles. The third-order valence-electron chi connectivity index (χ3n) is 2.94. The molecule has 0 unspecified atom stereocenters. The quantitative estimate of drug-likeness (QED) is 0.899. The van der Waals surface area contributed by atoms with Crippen LogP contribution in [0.1, 0.15) is 26.3 Å². The summed E-state index contributed by atoms with van der Waals surface area (Å²) in [5.41, 5.74) is 0.954. The molecule has 1 N–H and O–H groups in total. The van der Waals surface area contributed by atoms with Gasteiger partial charge in [0.25, 0.3) is 0 Å². The predicted octanol–water partition coefficient (Wildman–Crippen LogP) is 2.59. The molecule has 20 heavy (non-hydrogen) atoms. The molecule has 0 spiro atoms. The molecule has 0 bridgehead atoms. The van der Waals surface area contributed by atoms with E-state index < -0.39 is 5.60 Å². The fourth-order valence-corrected chi connectivity index (χ4v) is 1.97. The van der Waals surface area contributed by atoms with Gasteiger partial charge in [0.1, 0.15) is 11.7 Å². The number of carbonyl (C=O) groups excluding carboxylic acids is 1. The Bertz CT molecular complexity index is 537. The molecule has 0 radical (unpaired) electrons. The second-order valence-electron chi connectivity index (χ2n) is 5.88. The third kappa shape index (κ3) is 3.41. The zero-order valence-electron chi connectivity index (χ0n) is 12.0. The molecule has 2 rings (SSSR count). The number of hydrogen-bond acceptors (Lipinski definition) is 4. The largest absolute Gasteiger partial charge is 0.444 e. The number of hydrogen-bond donors (Lipinski definition) is 1. The van der Waals surface area contributed by atoms with Crippen LogP contribution in [0, 0.1) is 11.3 Å². The van der Waals surface area contributed by atoms with Crippen molar-refractivity contribution in [1.29, 1.82) is 5.26 Å². The van der Waals surface area contributed by atoms with Crippen molar-refractivity contribution in [2.75, 3.05) is 18.4 Å². The fourth-order valence-electron chi connectivity index (χ4n) is 1.97. The van der Waals surface area contributed by atoms with Crippen molar-refractivity contribution in [2.45, 2.75) is 32.4 Å². The Balaban J connectivity index is 1.86. The normalized spacial score (nSPS) is 15.2. The van der Waals surface area contributed by atoms with Gasteiger partial charge in [-0.15, -0.1) is 0 Å². The first-order chi connectivity index (χ1) is 9.39. The summed E-state index contributed by atoms with van der Waals surface area (Å²) in [6.07, 6.45) is -0.288. The molecule has 1 heterocycles. The summed E-state index contributed by atoms with van der Waals surface area (Å²) in [7, 11) is 0. The molecule has 1 fully saturated rings. The maximum Gasteiger partial charge on any atom is 0.410 e. The van der Waals surface area contributed by atoms with Crippen molar-refractivity contribution < 1.29 is 9.53 Å². The van der Waals surface area contributed by atoms with E-state index in [2.05, 4.69) is 11.4 Å². The standard InChI is InChI=1S/C15H19N3O2/c1-15(2,3)20-14(19)18-9-12(10-18)17-13-7-5-4-6-11(13)8-16/h4-7,12,17H,9-10H2,1-3H3. The average Bonchev–Trinajstić information content (AvgIpc) is 2.31. The minimum absolute atomic E-state index is 0.164. The molecular formula is C15H19N3O2. The third-order valence-corrected chi connectivity index (χ3v) is 2.94. The van der Waals surface area contributed by atoms with Gasteiger partial charge in [-0.1, -0.05) is 12.1 Å². The first-order valence-corrected chi connectivity index (χ1v) is 6.62. The van der Waals surface area contributed by atoms with Gasteiger partial charge in [-0.05, 0) is 32.9 Å². The Morgan fingerprint density at radius 1 is 1.40 bits per heavy atom. The molecule has 106 valence electrons. The van der Waals surface area contributed by atoms with Gasteiger partial charge >= 0.3 is 6.09 Å². The number of nitrogens with one attached hydrogen (secondary N) is 1. The molecule has 5 heteroatoms. The summed E-state index contributed by atoms with van der Waals surface area (Å²) >= 11 is 0. The number of benzene rings is 1. The Kier molecular flexibility index (Phi) is 3.84. The van der Waals surface area contributed by atoms with Gasteiger partial charge in [0.2, 0.25) is 0 Å². The van der Waals surface area contributed by atoms with E-state index in [9.17, 15) is 4.79 Å². The van der Waals surface area contributed by atoms with Gasteiger partial charge < -0.3 is 15.0 Å². The second-order valence-corrected chi connectivity index (χ2v) is 5.88. The maximum absolute atomic E-state index is 11.8. The van der Waals surface area contributed by atoms with Crippen molar-refractivity contribution in [2.24, 2.45) is 0 Å². The second kappa shape index (κ2) is 5.41. The number of amides is 1. The van der Waals surface area contributed by atoms with Crippen LogP contribution in [0.25, 0.3) is 0 Å². The van der Waals surface area contributed by atoms with Crippen LogP contribution in [0.15, 0.2) is 24.3 Å². The monoisotopic (exact) mass is 273 g/mol. The van der Waals surface area contributed by atoms with Crippen molar-refractivity contribution in [1.82, 2.24) is 4.90 Å². The first-order valence-electron chi connectivity index (χ1n) is 6.62. The van der Waals surface area contributed by atoms with E-state index in [-0.39, 0.29) is 12.1 Å². The smallest absolute Gasteiger partial charge is 0.410 e. The zero-order valence-corrected chi connectivity index (χ0v) is 12.0. The summed E-state index contributed by atoms with van der Waals surface area (Å²) in [5, 5.41) is 12.3. The first kappa shape index (κ1) is 14.2. The highest BCUT2D eigenvalue weighted by atomic mass is 16.6. The molecular weight excluding hydrogens is 254 g/mol. The lowest BCUT2D eigenvalue weighted by Gasteiger charge is -2.40. The number of likely N-dealkylation sites (tertiary alicyclic amines) is 1. The maximum atomic E-state index is 11.8. The SMILES string of the molecule is CC(C)(C)OC(=O)N1CC(Nc2ccccc2C#N)C1. The molecule has 1 aliphatic heterocycles. The highest BCUT2D eigenvalue weighted by molar-refractivity contribution is 5.70. The molecule has 1 amide bonds. The Morgan fingerprint density at radius 3 is 2.65 bits per heavy atom. The summed E-state index contributed by atoms with van der Waals surface area (Å²) in [6, 6.07) is 9.66. The number of nitriles is 1. The van der Waals surface area contributed by atoms with Gasteiger partial charge in [0, 0.05) is 13.1 Å². The van der Waals surface area contributed by atoms with Crippen LogP contribution >= 0.6 is 0 Å². The molecule has 5 nitrogen and oxygen atoms in total. The van der Waals surface area contributed by atoms with Gasteiger partial charge in [-0.2, -0.15) is 5.26 Å². The van der Waals surface area contributed by atoms with Crippen molar-refractivity contribution in [3.8, 4) is 6.07 Å². The lowest BCUT2D eigenvalue weighted by molar-refractivity contribution is 0.0105. The minimum Gasteiger partial charge on any atom is -0.444 e. The highest BCUT2D eigenvalue weighted by Crippen LogP contribution is 2.20. The van der Waals surface area contributed by atoms with Gasteiger partial charge in [0.15, 0.2) is 0 Å². The summed E-state index contributed by atoms with van der Waals surface area (Å²) in [6.45, 7) is 6.74. The average molecular weight is 273 g/mol. The van der Waals surface area contributed by atoms with Gasteiger partial charge in [0.05, 0.1) is 17.3 Å². The Labute approximate surface area is 119 Å².